The van der Waals surface area contributed by atoms with Crippen LogP contribution in [-0.2, 0) is 9.53 Å². The molecule has 27 heavy (non-hydrogen) atoms. The van der Waals surface area contributed by atoms with Crippen LogP contribution < -0.4 is 5.73 Å². The average Bonchev–Trinajstić information content (AvgIpc) is 2.69. The SMILES string of the molecule is CC(O)C(=O)N1CCCC(N)C1COCC1CCC(c2ccccc2)CC1. The fourth-order valence-electron chi connectivity index (χ4n) is 4.56. The molecule has 3 unspecified atom stereocenters. The number of nitrogens with zero attached hydrogens (tertiary/aromatic N) is 1. The molecule has 0 aromatic heterocycles. The third kappa shape index (κ3) is 5.31. The van der Waals surface area contributed by atoms with Crippen molar-refractivity contribution in [1.29, 1.82) is 0 Å². The van der Waals surface area contributed by atoms with Gasteiger partial charge in [0.2, 0.25) is 0 Å². The minimum Gasteiger partial charge on any atom is -0.384 e. The lowest BCUT2D eigenvalue weighted by Crippen LogP contribution is -2.58. The van der Waals surface area contributed by atoms with Crippen molar-refractivity contribution in [3.8, 4) is 0 Å². The van der Waals surface area contributed by atoms with Gasteiger partial charge in [0.15, 0.2) is 0 Å². The molecule has 3 atom stereocenters. The maximum atomic E-state index is 12.3. The predicted octanol–water partition coefficient (Wildman–Crippen LogP) is 2.68. The van der Waals surface area contributed by atoms with E-state index < -0.39 is 6.10 Å². The van der Waals surface area contributed by atoms with Crippen LogP contribution in [0, 0.1) is 5.92 Å². The predicted molar refractivity (Wildman–Crippen MR) is 106 cm³/mol. The first-order chi connectivity index (χ1) is 13.1. The molecule has 2 fully saturated rings. The Morgan fingerprint density at radius 3 is 2.56 bits per heavy atom. The fourth-order valence-corrected chi connectivity index (χ4v) is 4.56. The second-order valence-corrected chi connectivity index (χ2v) is 8.25. The van der Waals surface area contributed by atoms with Gasteiger partial charge in [0.25, 0.3) is 5.91 Å². The van der Waals surface area contributed by atoms with Crippen LogP contribution >= 0.6 is 0 Å². The lowest BCUT2D eigenvalue weighted by Gasteiger charge is -2.40. The summed E-state index contributed by atoms with van der Waals surface area (Å²) in [4.78, 5) is 14.0. The number of benzene rings is 1. The van der Waals surface area contributed by atoms with Gasteiger partial charge >= 0.3 is 0 Å². The molecular weight excluding hydrogens is 340 g/mol. The van der Waals surface area contributed by atoms with Crippen LogP contribution in [0.3, 0.4) is 0 Å². The zero-order valence-corrected chi connectivity index (χ0v) is 16.4. The Balaban J connectivity index is 1.44. The summed E-state index contributed by atoms with van der Waals surface area (Å²) < 4.78 is 6.03. The number of hydrogen-bond acceptors (Lipinski definition) is 4. The summed E-state index contributed by atoms with van der Waals surface area (Å²) >= 11 is 0. The number of nitrogens with two attached hydrogens (primary N) is 1. The number of piperidine rings is 1. The Morgan fingerprint density at radius 2 is 1.89 bits per heavy atom. The van der Waals surface area contributed by atoms with Crippen LogP contribution in [0.5, 0.6) is 0 Å². The second-order valence-electron chi connectivity index (χ2n) is 8.25. The van der Waals surface area contributed by atoms with E-state index in [1.54, 1.807) is 4.90 Å². The normalized spacial score (nSPS) is 30.1. The molecule has 1 saturated carbocycles. The number of ether oxygens (including phenoxy) is 1. The van der Waals surface area contributed by atoms with E-state index >= 15 is 0 Å². The van der Waals surface area contributed by atoms with Crippen LogP contribution in [0.25, 0.3) is 0 Å². The molecule has 0 spiro atoms. The summed E-state index contributed by atoms with van der Waals surface area (Å²) in [6.45, 7) is 3.39. The summed E-state index contributed by atoms with van der Waals surface area (Å²) in [5, 5.41) is 9.65. The number of rotatable bonds is 6. The van der Waals surface area contributed by atoms with Gasteiger partial charge in [0.1, 0.15) is 6.10 Å². The number of amides is 1. The van der Waals surface area contributed by atoms with E-state index in [-0.39, 0.29) is 18.0 Å². The van der Waals surface area contributed by atoms with Crippen molar-refractivity contribution in [3.63, 3.8) is 0 Å². The van der Waals surface area contributed by atoms with Gasteiger partial charge in [-0.15, -0.1) is 0 Å². The zero-order chi connectivity index (χ0) is 19.2. The third-order valence-corrected chi connectivity index (χ3v) is 6.23. The Labute approximate surface area is 162 Å². The van der Waals surface area contributed by atoms with Crippen LogP contribution in [-0.4, -0.2) is 53.9 Å². The highest BCUT2D eigenvalue weighted by molar-refractivity contribution is 5.80. The molecule has 1 aromatic carbocycles. The molecule has 0 bridgehead atoms. The van der Waals surface area contributed by atoms with E-state index in [1.165, 1.54) is 38.2 Å². The van der Waals surface area contributed by atoms with E-state index in [2.05, 4.69) is 30.3 Å². The first-order valence-corrected chi connectivity index (χ1v) is 10.4. The van der Waals surface area contributed by atoms with E-state index in [0.717, 1.165) is 19.4 Å². The Morgan fingerprint density at radius 1 is 1.19 bits per heavy atom. The third-order valence-electron chi connectivity index (χ3n) is 6.23. The molecule has 1 amide bonds. The highest BCUT2D eigenvalue weighted by Crippen LogP contribution is 2.35. The maximum absolute atomic E-state index is 12.3. The number of carbonyl (C=O) groups is 1. The monoisotopic (exact) mass is 374 g/mol. The maximum Gasteiger partial charge on any atom is 0.251 e. The van der Waals surface area contributed by atoms with Gasteiger partial charge < -0.3 is 20.5 Å². The van der Waals surface area contributed by atoms with E-state index in [1.807, 2.05) is 0 Å². The topological polar surface area (TPSA) is 75.8 Å². The van der Waals surface area contributed by atoms with Crippen molar-refractivity contribution < 1.29 is 14.6 Å². The van der Waals surface area contributed by atoms with Gasteiger partial charge in [-0.2, -0.15) is 0 Å². The summed E-state index contributed by atoms with van der Waals surface area (Å²) in [5.41, 5.74) is 7.71. The van der Waals surface area contributed by atoms with Gasteiger partial charge in [-0.05, 0) is 62.8 Å². The Bertz CT molecular complexity index is 584. The average molecular weight is 375 g/mol. The minimum absolute atomic E-state index is 0.0738. The first-order valence-electron chi connectivity index (χ1n) is 10.4. The standard InChI is InChI=1S/C22H34N2O3/c1-16(25)22(26)24-13-5-8-20(23)21(24)15-27-14-17-9-11-19(12-10-17)18-6-3-2-4-7-18/h2-4,6-7,16-17,19-21,25H,5,8-15,23H2,1H3. The molecule has 2 aliphatic rings. The van der Waals surface area contributed by atoms with Crippen molar-refractivity contribution in [2.45, 2.75) is 69.6 Å². The molecule has 1 saturated heterocycles. The minimum atomic E-state index is -0.980. The van der Waals surface area contributed by atoms with Crippen LogP contribution in [0.1, 0.15) is 56.9 Å². The van der Waals surface area contributed by atoms with Gasteiger partial charge in [0, 0.05) is 19.2 Å². The van der Waals surface area contributed by atoms with E-state index in [0.29, 0.717) is 25.0 Å². The van der Waals surface area contributed by atoms with Crippen molar-refractivity contribution >= 4 is 5.91 Å². The van der Waals surface area contributed by atoms with Gasteiger partial charge in [-0.1, -0.05) is 30.3 Å². The number of carbonyl (C=O) groups excluding carboxylic acids is 1. The molecule has 3 N–H and O–H groups in total. The van der Waals surface area contributed by atoms with E-state index in [4.69, 9.17) is 10.5 Å². The number of aliphatic hydroxyl groups excluding tert-OH is 1. The highest BCUT2D eigenvalue weighted by atomic mass is 16.5. The molecule has 5 nitrogen and oxygen atoms in total. The van der Waals surface area contributed by atoms with Gasteiger partial charge in [-0.3, -0.25) is 4.79 Å². The smallest absolute Gasteiger partial charge is 0.251 e. The zero-order valence-electron chi connectivity index (χ0n) is 16.4. The molecule has 1 aliphatic carbocycles. The molecule has 1 heterocycles. The van der Waals surface area contributed by atoms with E-state index in [9.17, 15) is 9.90 Å². The first kappa shape index (κ1) is 20.3. The van der Waals surface area contributed by atoms with Crippen LogP contribution in [0.2, 0.25) is 0 Å². The molecular formula is C22H34N2O3. The molecule has 5 heteroatoms. The molecule has 1 aliphatic heterocycles. The summed E-state index contributed by atoms with van der Waals surface area (Å²) in [7, 11) is 0. The number of aliphatic hydroxyl groups is 1. The summed E-state index contributed by atoms with van der Waals surface area (Å²) in [5.74, 6) is 1.03. The summed E-state index contributed by atoms with van der Waals surface area (Å²) in [6, 6.07) is 10.6. The largest absolute Gasteiger partial charge is 0.384 e. The molecule has 150 valence electrons. The summed E-state index contributed by atoms with van der Waals surface area (Å²) in [6.07, 6.45) is 5.62. The lowest BCUT2D eigenvalue weighted by atomic mass is 9.79. The Kier molecular flexibility index (Phi) is 7.27. The second kappa shape index (κ2) is 9.67. The van der Waals surface area contributed by atoms with Gasteiger partial charge in [-0.25, -0.2) is 0 Å². The van der Waals surface area contributed by atoms with Crippen molar-refractivity contribution in [3.05, 3.63) is 35.9 Å². The molecule has 1 aromatic rings. The molecule has 3 rings (SSSR count). The molecule has 0 radical (unpaired) electrons. The quantitative estimate of drug-likeness (QED) is 0.803. The van der Waals surface area contributed by atoms with Crippen molar-refractivity contribution in [2.75, 3.05) is 19.8 Å². The van der Waals surface area contributed by atoms with Gasteiger partial charge in [0.05, 0.1) is 12.6 Å². The highest BCUT2D eigenvalue weighted by Gasteiger charge is 2.34. The van der Waals surface area contributed by atoms with Crippen molar-refractivity contribution in [2.24, 2.45) is 11.7 Å². The lowest BCUT2D eigenvalue weighted by molar-refractivity contribution is -0.145. The fraction of sp³-hybridized carbons (Fsp3) is 0.682. The van der Waals surface area contributed by atoms with Crippen molar-refractivity contribution in [1.82, 2.24) is 4.90 Å². The Hall–Kier alpha value is -1.43. The number of hydrogen-bond donors (Lipinski definition) is 2. The van der Waals surface area contributed by atoms with Crippen LogP contribution in [0.4, 0.5) is 0 Å². The van der Waals surface area contributed by atoms with Crippen LogP contribution in [0.15, 0.2) is 30.3 Å². The number of likely N-dealkylation sites (tertiary alicyclic amines) is 1.